The van der Waals surface area contributed by atoms with Crippen molar-refractivity contribution in [2.75, 3.05) is 33.5 Å². The fourth-order valence-electron chi connectivity index (χ4n) is 1.60. The second-order valence-corrected chi connectivity index (χ2v) is 4.05. The van der Waals surface area contributed by atoms with Crippen LogP contribution in [0.25, 0.3) is 0 Å². The van der Waals surface area contributed by atoms with Gasteiger partial charge in [-0.3, -0.25) is 0 Å². The fraction of sp³-hybridized carbons (Fsp3) is 0.692. The van der Waals surface area contributed by atoms with Crippen molar-refractivity contribution < 1.29 is 13.9 Å². The first-order valence-electron chi connectivity index (χ1n) is 6.18. The zero-order valence-electron chi connectivity index (χ0n) is 10.8. The molecule has 4 heteroatoms. The largest absolute Gasteiger partial charge is 0.472 e. The van der Waals surface area contributed by atoms with E-state index in [0.29, 0.717) is 25.9 Å². The highest BCUT2D eigenvalue weighted by atomic mass is 16.5. The summed E-state index contributed by atoms with van der Waals surface area (Å²) >= 11 is 0. The van der Waals surface area contributed by atoms with Crippen LogP contribution in [-0.2, 0) is 15.9 Å². The molecule has 4 nitrogen and oxygen atoms in total. The maximum Gasteiger partial charge on any atom is 0.0935 e. The Hall–Kier alpha value is -0.840. The van der Waals surface area contributed by atoms with Gasteiger partial charge in [0.1, 0.15) is 0 Å². The lowest BCUT2D eigenvalue weighted by atomic mass is 10.1. The van der Waals surface area contributed by atoms with Gasteiger partial charge in [-0.2, -0.15) is 0 Å². The molecule has 1 N–H and O–H groups in total. The lowest BCUT2D eigenvalue weighted by Gasteiger charge is -2.17. The van der Waals surface area contributed by atoms with E-state index in [4.69, 9.17) is 13.9 Å². The van der Waals surface area contributed by atoms with Gasteiger partial charge in [-0.1, -0.05) is 6.92 Å². The second-order valence-electron chi connectivity index (χ2n) is 4.05. The Balaban J connectivity index is 2.26. The Kier molecular flexibility index (Phi) is 7.71. The number of nitrogens with one attached hydrogen (secondary N) is 1. The van der Waals surface area contributed by atoms with Gasteiger partial charge < -0.3 is 19.2 Å². The normalized spacial score (nSPS) is 12.8. The number of furan rings is 1. The van der Waals surface area contributed by atoms with E-state index in [1.165, 1.54) is 5.56 Å². The topological polar surface area (TPSA) is 43.6 Å². The molecule has 0 fully saturated rings. The van der Waals surface area contributed by atoms with Gasteiger partial charge in [-0.25, -0.2) is 0 Å². The zero-order valence-corrected chi connectivity index (χ0v) is 10.8. The van der Waals surface area contributed by atoms with Gasteiger partial charge in [0.05, 0.1) is 32.3 Å². The number of rotatable bonds is 10. The number of hydrogen-bond donors (Lipinski definition) is 1. The molecule has 1 aromatic heterocycles. The Morgan fingerprint density at radius 3 is 2.94 bits per heavy atom. The van der Waals surface area contributed by atoms with E-state index >= 15 is 0 Å². The smallest absolute Gasteiger partial charge is 0.0935 e. The molecule has 0 saturated carbocycles. The van der Waals surface area contributed by atoms with Crippen LogP contribution < -0.4 is 5.32 Å². The van der Waals surface area contributed by atoms with Gasteiger partial charge in [0, 0.05) is 13.2 Å². The summed E-state index contributed by atoms with van der Waals surface area (Å²) in [5.41, 5.74) is 1.20. The minimum Gasteiger partial charge on any atom is -0.472 e. The Labute approximate surface area is 103 Å². The van der Waals surface area contributed by atoms with E-state index in [2.05, 4.69) is 12.2 Å². The highest BCUT2D eigenvalue weighted by Crippen LogP contribution is 2.04. The summed E-state index contributed by atoms with van der Waals surface area (Å²) in [6.45, 7) is 5.16. The number of methoxy groups -OCH3 is 1. The minimum absolute atomic E-state index is 0.337. The molecule has 17 heavy (non-hydrogen) atoms. The van der Waals surface area contributed by atoms with Crippen molar-refractivity contribution in [1.82, 2.24) is 5.32 Å². The van der Waals surface area contributed by atoms with Crippen molar-refractivity contribution in [2.45, 2.75) is 25.8 Å². The predicted molar refractivity (Wildman–Crippen MR) is 67.2 cm³/mol. The third kappa shape index (κ3) is 6.46. The van der Waals surface area contributed by atoms with E-state index < -0.39 is 0 Å². The highest BCUT2D eigenvalue weighted by Gasteiger charge is 2.09. The molecule has 0 bridgehead atoms. The van der Waals surface area contributed by atoms with Crippen LogP contribution in [0.3, 0.4) is 0 Å². The van der Waals surface area contributed by atoms with E-state index in [-0.39, 0.29) is 0 Å². The molecular weight excluding hydrogens is 218 g/mol. The quantitative estimate of drug-likeness (QED) is 0.635. The molecule has 0 aliphatic rings. The molecule has 0 aliphatic heterocycles. The molecule has 1 heterocycles. The Morgan fingerprint density at radius 2 is 2.29 bits per heavy atom. The van der Waals surface area contributed by atoms with Crippen LogP contribution in [0.2, 0.25) is 0 Å². The van der Waals surface area contributed by atoms with Gasteiger partial charge in [0.2, 0.25) is 0 Å². The predicted octanol–water partition coefficient (Wildman–Crippen LogP) is 1.85. The fourth-order valence-corrected chi connectivity index (χ4v) is 1.60. The van der Waals surface area contributed by atoms with E-state index in [0.717, 1.165) is 19.4 Å². The van der Waals surface area contributed by atoms with Crippen LogP contribution in [0.15, 0.2) is 23.0 Å². The van der Waals surface area contributed by atoms with Gasteiger partial charge in [-0.05, 0) is 31.0 Å². The third-order valence-corrected chi connectivity index (χ3v) is 2.50. The van der Waals surface area contributed by atoms with E-state index in [1.54, 1.807) is 19.6 Å². The van der Waals surface area contributed by atoms with Crippen molar-refractivity contribution >= 4 is 0 Å². The summed E-state index contributed by atoms with van der Waals surface area (Å²) in [5.74, 6) is 0. The standard InChI is InChI=1S/C13H23NO3/c1-3-5-14-13(11-17-8-7-15-2)9-12-4-6-16-10-12/h4,6,10,13-14H,3,5,7-9,11H2,1-2H3. The van der Waals surface area contributed by atoms with Crippen molar-refractivity contribution in [3.8, 4) is 0 Å². The number of ether oxygens (including phenoxy) is 2. The molecule has 0 aliphatic carbocycles. The molecule has 1 rings (SSSR count). The Bertz CT molecular complexity index is 262. The highest BCUT2D eigenvalue weighted by molar-refractivity contribution is 5.07. The molecule has 0 saturated heterocycles. The molecule has 0 spiro atoms. The molecule has 1 atom stereocenters. The molecule has 98 valence electrons. The van der Waals surface area contributed by atoms with Gasteiger partial charge in [0.25, 0.3) is 0 Å². The average Bonchev–Trinajstić information content (AvgIpc) is 2.84. The summed E-state index contributed by atoms with van der Waals surface area (Å²) in [7, 11) is 1.68. The van der Waals surface area contributed by atoms with Crippen LogP contribution in [-0.4, -0.2) is 39.5 Å². The van der Waals surface area contributed by atoms with E-state index in [9.17, 15) is 0 Å². The molecule has 0 radical (unpaired) electrons. The van der Waals surface area contributed by atoms with Gasteiger partial charge in [0.15, 0.2) is 0 Å². The first kappa shape index (κ1) is 14.2. The van der Waals surface area contributed by atoms with Crippen LogP contribution >= 0.6 is 0 Å². The second kappa shape index (κ2) is 9.22. The Morgan fingerprint density at radius 1 is 1.41 bits per heavy atom. The first-order chi connectivity index (χ1) is 8.36. The summed E-state index contributed by atoms with van der Waals surface area (Å²) in [6.07, 6.45) is 5.55. The maximum atomic E-state index is 5.56. The summed E-state index contributed by atoms with van der Waals surface area (Å²) in [4.78, 5) is 0. The summed E-state index contributed by atoms with van der Waals surface area (Å²) in [5, 5.41) is 3.48. The zero-order chi connectivity index (χ0) is 12.3. The SMILES string of the molecule is CCCNC(COCCOC)Cc1ccoc1. The summed E-state index contributed by atoms with van der Waals surface area (Å²) in [6, 6.07) is 2.33. The van der Waals surface area contributed by atoms with E-state index in [1.807, 2.05) is 6.07 Å². The third-order valence-electron chi connectivity index (χ3n) is 2.50. The average molecular weight is 241 g/mol. The molecular formula is C13H23NO3. The molecule has 1 aromatic rings. The van der Waals surface area contributed by atoms with Crippen molar-refractivity contribution in [3.05, 3.63) is 24.2 Å². The van der Waals surface area contributed by atoms with Crippen molar-refractivity contribution in [2.24, 2.45) is 0 Å². The van der Waals surface area contributed by atoms with Crippen molar-refractivity contribution in [1.29, 1.82) is 0 Å². The summed E-state index contributed by atoms with van der Waals surface area (Å²) < 4.78 is 15.6. The first-order valence-corrected chi connectivity index (χ1v) is 6.18. The van der Waals surface area contributed by atoms with Crippen LogP contribution in [0.4, 0.5) is 0 Å². The van der Waals surface area contributed by atoms with Gasteiger partial charge >= 0.3 is 0 Å². The minimum atomic E-state index is 0.337. The monoisotopic (exact) mass is 241 g/mol. The molecule has 1 unspecified atom stereocenters. The van der Waals surface area contributed by atoms with Crippen LogP contribution in [0, 0.1) is 0 Å². The lowest BCUT2D eigenvalue weighted by molar-refractivity contribution is 0.0587. The molecule has 0 amide bonds. The van der Waals surface area contributed by atoms with Crippen LogP contribution in [0.1, 0.15) is 18.9 Å². The maximum absolute atomic E-state index is 5.56. The number of hydrogen-bond acceptors (Lipinski definition) is 4. The lowest BCUT2D eigenvalue weighted by Crippen LogP contribution is -2.36. The molecule has 0 aromatic carbocycles. The van der Waals surface area contributed by atoms with Crippen LogP contribution in [0.5, 0.6) is 0 Å². The van der Waals surface area contributed by atoms with Crippen molar-refractivity contribution in [3.63, 3.8) is 0 Å². The van der Waals surface area contributed by atoms with Gasteiger partial charge in [-0.15, -0.1) is 0 Å².